The van der Waals surface area contributed by atoms with E-state index in [0.717, 1.165) is 0 Å². The van der Waals surface area contributed by atoms with Gasteiger partial charge in [-0.1, -0.05) is 0 Å². The molecule has 7 heteroatoms. The molecule has 0 saturated heterocycles. The normalized spacial score (nSPS) is 10.7. The van der Waals surface area contributed by atoms with Crippen LogP contribution in [0.4, 0.5) is 10.1 Å². The topological polar surface area (TPSA) is 82.8 Å². The van der Waals surface area contributed by atoms with Crippen LogP contribution < -0.4 is 10.1 Å². The van der Waals surface area contributed by atoms with Crippen molar-refractivity contribution in [2.24, 2.45) is 0 Å². The number of nitrogens with one attached hydrogen (secondary N) is 3. The summed E-state index contributed by atoms with van der Waals surface area (Å²) in [7, 11) is 1.49. The molecule has 3 N–H and O–H groups in total. The molecule has 1 amide bonds. The quantitative estimate of drug-likeness (QED) is 0.685. The Hall–Kier alpha value is -2.83. The SMILES string of the molecule is COc1ccc(F)c2[nH]c(C(=O)Nc3cn[nH]c3)cc12. The van der Waals surface area contributed by atoms with Gasteiger partial charge < -0.3 is 15.0 Å². The Morgan fingerprint density at radius 1 is 1.45 bits per heavy atom. The van der Waals surface area contributed by atoms with Crippen molar-refractivity contribution in [3.8, 4) is 5.75 Å². The van der Waals surface area contributed by atoms with E-state index in [1.54, 1.807) is 12.3 Å². The lowest BCUT2D eigenvalue weighted by molar-refractivity contribution is 0.102. The molecule has 3 rings (SSSR count). The molecule has 1 aromatic carbocycles. The Labute approximate surface area is 112 Å². The number of fused-ring (bicyclic) bond motifs is 1. The number of aromatic amines is 2. The maximum atomic E-state index is 13.7. The van der Waals surface area contributed by atoms with Gasteiger partial charge >= 0.3 is 0 Å². The van der Waals surface area contributed by atoms with Crippen LogP contribution in [-0.4, -0.2) is 28.2 Å². The Kier molecular flexibility index (Phi) is 2.86. The average molecular weight is 274 g/mol. The van der Waals surface area contributed by atoms with Crippen molar-refractivity contribution >= 4 is 22.5 Å². The van der Waals surface area contributed by atoms with Gasteiger partial charge in [0.25, 0.3) is 5.91 Å². The monoisotopic (exact) mass is 274 g/mol. The van der Waals surface area contributed by atoms with Gasteiger partial charge in [-0.25, -0.2) is 4.39 Å². The molecule has 0 atom stereocenters. The highest BCUT2D eigenvalue weighted by atomic mass is 19.1. The molecule has 0 aliphatic carbocycles. The number of carbonyl (C=O) groups is 1. The van der Waals surface area contributed by atoms with Gasteiger partial charge in [0.15, 0.2) is 0 Å². The summed E-state index contributed by atoms with van der Waals surface area (Å²) >= 11 is 0. The first kappa shape index (κ1) is 12.2. The van der Waals surface area contributed by atoms with E-state index >= 15 is 0 Å². The van der Waals surface area contributed by atoms with Crippen molar-refractivity contribution in [3.05, 3.63) is 42.1 Å². The van der Waals surface area contributed by atoms with Crippen molar-refractivity contribution in [3.63, 3.8) is 0 Å². The lowest BCUT2D eigenvalue weighted by atomic mass is 10.2. The molecule has 0 radical (unpaired) electrons. The lowest BCUT2D eigenvalue weighted by Crippen LogP contribution is -2.11. The third kappa shape index (κ3) is 1.99. The molecule has 0 unspecified atom stereocenters. The summed E-state index contributed by atoms with van der Waals surface area (Å²) in [6.07, 6.45) is 3.02. The number of nitrogens with zero attached hydrogens (tertiary/aromatic N) is 1. The van der Waals surface area contributed by atoms with Crippen LogP contribution >= 0.6 is 0 Å². The standard InChI is InChI=1S/C13H11FN4O2/c1-20-11-3-2-9(14)12-8(11)4-10(18-12)13(19)17-7-5-15-16-6-7/h2-6,18H,1H3,(H,15,16)(H,17,19). The van der Waals surface area contributed by atoms with Crippen molar-refractivity contribution in [2.45, 2.75) is 0 Å². The molecule has 0 fully saturated rings. The van der Waals surface area contributed by atoms with E-state index in [0.29, 0.717) is 16.8 Å². The number of hydrogen-bond acceptors (Lipinski definition) is 3. The number of benzene rings is 1. The minimum Gasteiger partial charge on any atom is -0.496 e. The number of hydrogen-bond donors (Lipinski definition) is 3. The van der Waals surface area contributed by atoms with Crippen molar-refractivity contribution in [2.75, 3.05) is 12.4 Å². The largest absolute Gasteiger partial charge is 0.496 e. The second kappa shape index (κ2) is 4.69. The van der Waals surface area contributed by atoms with Crippen LogP contribution in [0.3, 0.4) is 0 Å². The zero-order valence-corrected chi connectivity index (χ0v) is 10.5. The molecule has 0 bridgehead atoms. The van der Waals surface area contributed by atoms with Crippen molar-refractivity contribution < 1.29 is 13.9 Å². The van der Waals surface area contributed by atoms with Gasteiger partial charge in [-0.2, -0.15) is 5.10 Å². The first-order valence-corrected chi connectivity index (χ1v) is 5.84. The third-order valence-corrected chi connectivity index (χ3v) is 2.92. The number of rotatable bonds is 3. The van der Waals surface area contributed by atoms with Crippen LogP contribution in [0.1, 0.15) is 10.5 Å². The summed E-state index contributed by atoms with van der Waals surface area (Å²) in [5.41, 5.74) is 1.01. The predicted octanol–water partition coefficient (Wildman–Crippen LogP) is 2.29. The Morgan fingerprint density at radius 3 is 3.00 bits per heavy atom. The average Bonchev–Trinajstić information content (AvgIpc) is 3.08. The Balaban J connectivity index is 2.00. The Bertz CT molecular complexity index is 764. The van der Waals surface area contributed by atoms with E-state index in [2.05, 4.69) is 20.5 Å². The zero-order chi connectivity index (χ0) is 14.1. The highest BCUT2D eigenvalue weighted by Crippen LogP contribution is 2.28. The van der Waals surface area contributed by atoms with Crippen LogP contribution in [0.25, 0.3) is 10.9 Å². The highest BCUT2D eigenvalue weighted by molar-refractivity contribution is 6.06. The fourth-order valence-corrected chi connectivity index (χ4v) is 1.98. The van der Waals surface area contributed by atoms with E-state index in [-0.39, 0.29) is 17.1 Å². The van der Waals surface area contributed by atoms with Crippen molar-refractivity contribution in [1.29, 1.82) is 0 Å². The first-order valence-electron chi connectivity index (χ1n) is 5.84. The fraction of sp³-hybridized carbons (Fsp3) is 0.0769. The van der Waals surface area contributed by atoms with Gasteiger partial charge in [-0.05, 0) is 18.2 Å². The van der Waals surface area contributed by atoms with Gasteiger partial charge in [0.1, 0.15) is 17.3 Å². The van der Waals surface area contributed by atoms with Crippen LogP contribution in [0.2, 0.25) is 0 Å². The van der Waals surface area contributed by atoms with Gasteiger partial charge in [-0.15, -0.1) is 0 Å². The lowest BCUT2D eigenvalue weighted by Gasteiger charge is -2.00. The number of H-pyrrole nitrogens is 2. The molecule has 2 aromatic heterocycles. The second-order valence-corrected chi connectivity index (χ2v) is 4.16. The number of aromatic nitrogens is 3. The van der Waals surface area contributed by atoms with Crippen LogP contribution in [0.5, 0.6) is 5.75 Å². The van der Waals surface area contributed by atoms with Gasteiger partial charge in [0, 0.05) is 11.6 Å². The van der Waals surface area contributed by atoms with E-state index in [1.807, 2.05) is 0 Å². The Morgan fingerprint density at radius 2 is 2.30 bits per heavy atom. The molecular weight excluding hydrogens is 263 g/mol. The number of amides is 1. The summed E-state index contributed by atoms with van der Waals surface area (Å²) in [6.45, 7) is 0. The smallest absolute Gasteiger partial charge is 0.272 e. The van der Waals surface area contributed by atoms with Gasteiger partial charge in [-0.3, -0.25) is 9.89 Å². The summed E-state index contributed by atoms with van der Waals surface area (Å²) < 4.78 is 18.9. The number of halogens is 1. The van der Waals surface area contributed by atoms with Crippen LogP contribution in [0, 0.1) is 5.82 Å². The van der Waals surface area contributed by atoms with Gasteiger partial charge in [0.05, 0.1) is 24.5 Å². The van der Waals surface area contributed by atoms with E-state index in [9.17, 15) is 9.18 Å². The van der Waals surface area contributed by atoms with Crippen LogP contribution in [-0.2, 0) is 0 Å². The molecule has 102 valence electrons. The molecule has 3 aromatic rings. The maximum Gasteiger partial charge on any atom is 0.272 e. The summed E-state index contributed by atoms with van der Waals surface area (Å²) in [4.78, 5) is 14.8. The molecule has 0 saturated carbocycles. The van der Waals surface area contributed by atoms with E-state index < -0.39 is 5.82 Å². The minimum absolute atomic E-state index is 0.238. The van der Waals surface area contributed by atoms with E-state index in [4.69, 9.17) is 4.74 Å². The number of carbonyl (C=O) groups excluding carboxylic acids is 1. The molecular formula is C13H11FN4O2. The predicted molar refractivity (Wildman–Crippen MR) is 71.3 cm³/mol. The molecule has 20 heavy (non-hydrogen) atoms. The third-order valence-electron chi connectivity index (χ3n) is 2.92. The molecule has 0 aliphatic heterocycles. The number of anilines is 1. The minimum atomic E-state index is -0.442. The summed E-state index contributed by atoms with van der Waals surface area (Å²) in [6, 6.07) is 4.35. The highest BCUT2D eigenvalue weighted by Gasteiger charge is 2.15. The number of ether oxygens (including phenoxy) is 1. The fourth-order valence-electron chi connectivity index (χ4n) is 1.98. The zero-order valence-electron chi connectivity index (χ0n) is 10.5. The van der Waals surface area contributed by atoms with E-state index in [1.165, 1.54) is 25.4 Å². The maximum absolute atomic E-state index is 13.7. The van der Waals surface area contributed by atoms with Crippen molar-refractivity contribution in [1.82, 2.24) is 15.2 Å². The van der Waals surface area contributed by atoms with Crippen LogP contribution in [0.15, 0.2) is 30.6 Å². The molecule has 2 heterocycles. The van der Waals surface area contributed by atoms with Gasteiger partial charge in [0.2, 0.25) is 0 Å². The summed E-state index contributed by atoms with van der Waals surface area (Å²) in [5, 5.41) is 9.46. The second-order valence-electron chi connectivity index (χ2n) is 4.16. The first-order chi connectivity index (χ1) is 9.69. The summed E-state index contributed by atoms with van der Waals surface area (Å²) in [5.74, 6) is -0.327. The number of methoxy groups -OCH3 is 1. The molecule has 6 nitrogen and oxygen atoms in total. The molecule has 0 aliphatic rings. The molecule has 0 spiro atoms.